The molecule has 10 heteroatoms. The number of hydrogen-bond acceptors (Lipinski definition) is 8. The van der Waals surface area contributed by atoms with Crippen molar-refractivity contribution in [1.29, 1.82) is 0 Å². The van der Waals surface area contributed by atoms with Crippen LogP contribution >= 0.6 is 0 Å². The number of carbonyl (C=O) groups is 1. The van der Waals surface area contributed by atoms with Gasteiger partial charge in [-0.05, 0) is 41.0 Å². The van der Waals surface area contributed by atoms with Crippen molar-refractivity contribution in [3.63, 3.8) is 0 Å². The molecule has 0 saturated carbocycles. The highest BCUT2D eigenvalue weighted by Crippen LogP contribution is 2.26. The Morgan fingerprint density at radius 1 is 1.23 bits per heavy atom. The van der Waals surface area contributed by atoms with E-state index < -0.39 is 0 Å². The Bertz CT molecular complexity index is 1230. The topological polar surface area (TPSA) is 133 Å². The number of anilines is 1. The number of aromatic nitrogens is 4. The largest absolute Gasteiger partial charge is 0.493 e. The minimum absolute atomic E-state index is 0.0481. The van der Waals surface area contributed by atoms with Crippen LogP contribution in [-0.2, 0) is 11.3 Å². The van der Waals surface area contributed by atoms with E-state index in [1.807, 2.05) is 55.5 Å². The van der Waals surface area contributed by atoms with Gasteiger partial charge in [-0.25, -0.2) is 15.0 Å². The van der Waals surface area contributed by atoms with Crippen LogP contribution in [0.25, 0.3) is 22.6 Å². The summed E-state index contributed by atoms with van der Waals surface area (Å²) >= 11 is 0. The predicted molar refractivity (Wildman–Crippen MR) is 115 cm³/mol. The number of para-hydroxylation sites is 3. The van der Waals surface area contributed by atoms with Gasteiger partial charge in [-0.15, -0.1) is 0 Å². The zero-order valence-corrected chi connectivity index (χ0v) is 16.9. The van der Waals surface area contributed by atoms with E-state index in [0.29, 0.717) is 23.7 Å². The van der Waals surface area contributed by atoms with Gasteiger partial charge in [0.05, 0.1) is 23.9 Å². The van der Waals surface area contributed by atoms with Crippen molar-refractivity contribution >= 4 is 29.0 Å². The normalized spacial score (nSPS) is 11.3. The second kappa shape index (κ2) is 9.08. The van der Waals surface area contributed by atoms with Crippen molar-refractivity contribution in [2.75, 3.05) is 12.3 Å². The number of nitrogen functional groups attached to an aromatic ring is 1. The highest BCUT2D eigenvalue weighted by Gasteiger charge is 2.20. The second-order valence-electron chi connectivity index (χ2n) is 6.69. The molecule has 31 heavy (non-hydrogen) atoms. The quantitative estimate of drug-likeness (QED) is 0.331. The first-order valence-electron chi connectivity index (χ1n) is 9.74. The maximum absolute atomic E-state index is 12.6. The van der Waals surface area contributed by atoms with Gasteiger partial charge >= 0.3 is 0 Å². The van der Waals surface area contributed by atoms with Crippen LogP contribution in [0.1, 0.15) is 18.9 Å². The number of nitrogens with zero attached hydrogens (tertiary/aromatic N) is 5. The molecule has 0 unspecified atom stereocenters. The Hall–Kier alpha value is -4.21. The Morgan fingerprint density at radius 3 is 2.84 bits per heavy atom. The van der Waals surface area contributed by atoms with Crippen molar-refractivity contribution in [2.24, 2.45) is 5.10 Å². The third-order valence-corrected chi connectivity index (χ3v) is 4.46. The van der Waals surface area contributed by atoms with Crippen LogP contribution in [0.2, 0.25) is 0 Å². The number of nitrogens with one attached hydrogen (secondary N) is 1. The molecular formula is C21H21N7O3. The van der Waals surface area contributed by atoms with Gasteiger partial charge in [0.25, 0.3) is 5.91 Å². The number of rotatable bonds is 8. The molecule has 10 nitrogen and oxygen atoms in total. The van der Waals surface area contributed by atoms with Gasteiger partial charge in [-0.3, -0.25) is 4.79 Å². The summed E-state index contributed by atoms with van der Waals surface area (Å²) in [7, 11) is 0. The molecule has 0 bridgehead atoms. The summed E-state index contributed by atoms with van der Waals surface area (Å²) in [4.78, 5) is 17.1. The second-order valence-corrected chi connectivity index (χ2v) is 6.69. The van der Waals surface area contributed by atoms with Crippen LogP contribution < -0.4 is 15.9 Å². The molecule has 0 aliphatic carbocycles. The maximum atomic E-state index is 12.6. The molecule has 0 aliphatic heterocycles. The molecule has 0 fully saturated rings. The van der Waals surface area contributed by atoms with Crippen LogP contribution in [0.4, 0.5) is 5.82 Å². The molecule has 3 N–H and O–H groups in total. The van der Waals surface area contributed by atoms with Gasteiger partial charge in [0.15, 0.2) is 17.3 Å². The molecule has 2 heterocycles. The molecule has 4 aromatic rings. The molecule has 0 saturated heterocycles. The predicted octanol–water partition coefficient (Wildman–Crippen LogP) is 2.61. The lowest BCUT2D eigenvalue weighted by Gasteiger charge is -2.08. The van der Waals surface area contributed by atoms with E-state index >= 15 is 0 Å². The number of hydrazone groups is 1. The van der Waals surface area contributed by atoms with Gasteiger partial charge in [-0.2, -0.15) is 5.10 Å². The van der Waals surface area contributed by atoms with E-state index in [4.69, 9.17) is 15.1 Å². The van der Waals surface area contributed by atoms with E-state index in [2.05, 4.69) is 25.8 Å². The van der Waals surface area contributed by atoms with Crippen LogP contribution in [0.3, 0.4) is 0 Å². The molecule has 1 amide bonds. The average molecular weight is 419 g/mol. The Balaban J connectivity index is 1.53. The molecule has 4 rings (SSSR count). The highest BCUT2D eigenvalue weighted by molar-refractivity contribution is 5.87. The Morgan fingerprint density at radius 2 is 2.03 bits per heavy atom. The number of hydrogen-bond donors (Lipinski definition) is 2. The summed E-state index contributed by atoms with van der Waals surface area (Å²) < 4.78 is 12.1. The summed E-state index contributed by atoms with van der Waals surface area (Å²) in [6.45, 7) is 2.59. The summed E-state index contributed by atoms with van der Waals surface area (Å²) in [6, 6.07) is 14.9. The third kappa shape index (κ3) is 4.37. The SMILES string of the molecule is CCCOc1ccccc1/C=N\NC(=O)Cn1c(-c2nonc2N)nc2ccccc21. The molecule has 0 atom stereocenters. The van der Waals surface area contributed by atoms with Gasteiger partial charge in [0, 0.05) is 5.56 Å². The Labute approximate surface area is 177 Å². The van der Waals surface area contributed by atoms with Crippen LogP contribution in [0.15, 0.2) is 58.3 Å². The number of imidazole rings is 1. The number of ether oxygens (including phenoxy) is 1. The number of fused-ring (bicyclic) bond motifs is 1. The van der Waals surface area contributed by atoms with Gasteiger partial charge in [-0.1, -0.05) is 31.2 Å². The number of nitrogens with two attached hydrogens (primary N) is 1. The van der Waals surface area contributed by atoms with E-state index in [0.717, 1.165) is 17.5 Å². The average Bonchev–Trinajstić information content (AvgIpc) is 3.36. The number of carbonyl (C=O) groups excluding carboxylic acids is 1. The van der Waals surface area contributed by atoms with Crippen LogP contribution in [-0.4, -0.2) is 38.6 Å². The zero-order chi connectivity index (χ0) is 21.6. The molecule has 2 aromatic heterocycles. The zero-order valence-electron chi connectivity index (χ0n) is 16.9. The van der Waals surface area contributed by atoms with Crippen molar-refractivity contribution in [3.05, 3.63) is 54.1 Å². The van der Waals surface area contributed by atoms with Crippen molar-refractivity contribution < 1.29 is 14.2 Å². The summed E-state index contributed by atoms with van der Waals surface area (Å²) in [5.41, 5.74) is 10.9. The summed E-state index contributed by atoms with van der Waals surface area (Å²) in [5.74, 6) is 0.845. The smallest absolute Gasteiger partial charge is 0.260 e. The van der Waals surface area contributed by atoms with Crippen molar-refractivity contribution in [3.8, 4) is 17.3 Å². The summed E-state index contributed by atoms with van der Waals surface area (Å²) in [5, 5.41) is 11.5. The lowest BCUT2D eigenvalue weighted by Crippen LogP contribution is -2.23. The molecule has 2 aromatic carbocycles. The first kappa shape index (κ1) is 20.1. The standard InChI is InChI=1S/C21H21N7O3/c1-2-11-30-17-10-6-3-7-14(17)12-23-25-18(29)13-28-16-9-5-4-8-15(16)24-21(28)19-20(22)27-31-26-19/h3-10,12H,2,11,13H2,1H3,(H2,22,27)(H,25,29)/b23-12-. The van der Waals surface area contributed by atoms with Gasteiger partial charge in [0.1, 0.15) is 12.3 Å². The Kier molecular flexibility index (Phi) is 5.88. The van der Waals surface area contributed by atoms with Gasteiger partial charge in [0.2, 0.25) is 0 Å². The minimum atomic E-state index is -0.345. The van der Waals surface area contributed by atoms with Crippen LogP contribution in [0.5, 0.6) is 5.75 Å². The lowest BCUT2D eigenvalue weighted by molar-refractivity contribution is -0.121. The molecule has 0 radical (unpaired) electrons. The monoisotopic (exact) mass is 419 g/mol. The van der Waals surface area contributed by atoms with Crippen molar-refractivity contribution in [2.45, 2.75) is 19.9 Å². The molecule has 158 valence electrons. The summed E-state index contributed by atoms with van der Waals surface area (Å²) in [6.07, 6.45) is 2.45. The van der Waals surface area contributed by atoms with E-state index in [1.165, 1.54) is 0 Å². The van der Waals surface area contributed by atoms with E-state index in [9.17, 15) is 4.79 Å². The minimum Gasteiger partial charge on any atom is -0.493 e. The fourth-order valence-electron chi connectivity index (χ4n) is 3.05. The van der Waals surface area contributed by atoms with Gasteiger partial charge < -0.3 is 15.0 Å². The first-order chi connectivity index (χ1) is 15.2. The van der Waals surface area contributed by atoms with E-state index in [-0.39, 0.29) is 24.0 Å². The number of amides is 1. The first-order valence-corrected chi connectivity index (χ1v) is 9.74. The fourth-order valence-corrected chi connectivity index (χ4v) is 3.05. The third-order valence-electron chi connectivity index (χ3n) is 4.46. The fraction of sp³-hybridized carbons (Fsp3) is 0.190. The molecule has 0 spiro atoms. The molecular weight excluding hydrogens is 398 g/mol. The molecule has 0 aliphatic rings. The highest BCUT2D eigenvalue weighted by atomic mass is 16.6. The van der Waals surface area contributed by atoms with E-state index in [1.54, 1.807) is 10.8 Å². The maximum Gasteiger partial charge on any atom is 0.260 e. The van der Waals surface area contributed by atoms with Crippen LogP contribution in [0, 0.1) is 0 Å². The van der Waals surface area contributed by atoms with Crippen molar-refractivity contribution in [1.82, 2.24) is 25.3 Å². The number of benzene rings is 2. The lowest BCUT2D eigenvalue weighted by atomic mass is 10.2.